The summed E-state index contributed by atoms with van der Waals surface area (Å²) in [6, 6.07) is 4.35. The second-order valence-electron chi connectivity index (χ2n) is 4.65. The van der Waals surface area contributed by atoms with Crippen LogP contribution in [0.15, 0.2) is 22.7 Å². The Morgan fingerprint density at radius 1 is 1.32 bits per heavy atom. The molecule has 0 bridgehead atoms. The zero-order valence-electron chi connectivity index (χ0n) is 10.1. The summed E-state index contributed by atoms with van der Waals surface area (Å²) < 4.78 is 14.0. The first-order valence-corrected chi connectivity index (χ1v) is 6.75. The number of carboxylic acids is 1. The van der Waals surface area contributed by atoms with Gasteiger partial charge in [0, 0.05) is 0 Å². The van der Waals surface area contributed by atoms with Crippen LogP contribution in [0.3, 0.4) is 0 Å². The van der Waals surface area contributed by atoms with Crippen LogP contribution in [0, 0.1) is 5.82 Å². The molecule has 1 aromatic carbocycles. The predicted molar refractivity (Wildman–Crippen MR) is 70.4 cm³/mol. The highest BCUT2D eigenvalue weighted by molar-refractivity contribution is 9.10. The van der Waals surface area contributed by atoms with Crippen LogP contribution in [0.5, 0.6) is 0 Å². The Hall–Kier alpha value is -1.43. The molecule has 0 radical (unpaired) electrons. The normalized spacial score (nSPS) is 17.2. The van der Waals surface area contributed by atoms with E-state index in [1.165, 1.54) is 18.2 Å². The number of rotatable bonds is 3. The van der Waals surface area contributed by atoms with Crippen molar-refractivity contribution in [2.75, 3.05) is 0 Å². The van der Waals surface area contributed by atoms with Gasteiger partial charge in [-0.2, -0.15) is 0 Å². The van der Waals surface area contributed by atoms with Gasteiger partial charge in [-0.1, -0.05) is 18.9 Å². The monoisotopic (exact) mass is 329 g/mol. The molecule has 102 valence electrons. The quantitative estimate of drug-likeness (QED) is 0.896. The van der Waals surface area contributed by atoms with Gasteiger partial charge in [0.2, 0.25) is 0 Å². The number of benzene rings is 1. The summed E-state index contributed by atoms with van der Waals surface area (Å²) in [4.78, 5) is 23.4. The van der Waals surface area contributed by atoms with Gasteiger partial charge in [-0.05, 0) is 40.9 Å². The van der Waals surface area contributed by atoms with Crippen molar-refractivity contribution in [2.45, 2.75) is 31.2 Å². The Kier molecular flexibility index (Phi) is 3.89. The van der Waals surface area contributed by atoms with Gasteiger partial charge < -0.3 is 10.4 Å². The number of hydrogen-bond donors (Lipinski definition) is 2. The fraction of sp³-hybridized carbons (Fsp3) is 0.385. The second kappa shape index (κ2) is 5.28. The molecule has 19 heavy (non-hydrogen) atoms. The Bertz CT molecular complexity index is 527. The van der Waals surface area contributed by atoms with Gasteiger partial charge in [0.25, 0.3) is 5.91 Å². The molecule has 2 N–H and O–H groups in total. The summed E-state index contributed by atoms with van der Waals surface area (Å²) in [6.07, 6.45) is 2.24. The minimum absolute atomic E-state index is 0.151. The molecule has 1 amide bonds. The molecule has 1 fully saturated rings. The van der Waals surface area contributed by atoms with Crippen molar-refractivity contribution < 1.29 is 19.1 Å². The summed E-state index contributed by atoms with van der Waals surface area (Å²) >= 11 is 3.00. The first-order chi connectivity index (χ1) is 8.96. The number of carbonyl (C=O) groups excluding carboxylic acids is 1. The van der Waals surface area contributed by atoms with Gasteiger partial charge in [0.15, 0.2) is 0 Å². The molecular weight excluding hydrogens is 317 g/mol. The minimum Gasteiger partial charge on any atom is -0.480 e. The zero-order chi connectivity index (χ0) is 14.0. The van der Waals surface area contributed by atoms with Crippen LogP contribution in [-0.4, -0.2) is 22.5 Å². The van der Waals surface area contributed by atoms with Gasteiger partial charge >= 0.3 is 5.97 Å². The molecule has 2 rings (SSSR count). The third-order valence-corrected chi connectivity index (χ3v) is 4.03. The van der Waals surface area contributed by atoms with E-state index in [0.29, 0.717) is 12.8 Å². The van der Waals surface area contributed by atoms with Crippen LogP contribution in [-0.2, 0) is 4.79 Å². The lowest BCUT2D eigenvalue weighted by Crippen LogP contribution is -2.52. The lowest BCUT2D eigenvalue weighted by atomic mass is 9.97. The number of amides is 1. The molecule has 0 saturated heterocycles. The van der Waals surface area contributed by atoms with Gasteiger partial charge in [-0.15, -0.1) is 0 Å². The summed E-state index contributed by atoms with van der Waals surface area (Å²) in [5.41, 5.74) is -1.41. The van der Waals surface area contributed by atoms with Crippen LogP contribution in [0.2, 0.25) is 0 Å². The SMILES string of the molecule is O=C(NC1(C(=O)O)CCCC1)c1cccc(Br)c1F. The molecule has 0 spiro atoms. The molecule has 0 atom stereocenters. The summed E-state index contributed by atoms with van der Waals surface area (Å²) in [5, 5.41) is 11.7. The fourth-order valence-corrected chi connectivity index (χ4v) is 2.70. The smallest absolute Gasteiger partial charge is 0.329 e. The maximum absolute atomic E-state index is 13.8. The molecule has 0 aliphatic heterocycles. The van der Waals surface area contributed by atoms with E-state index < -0.39 is 23.2 Å². The highest BCUT2D eigenvalue weighted by Gasteiger charge is 2.43. The molecule has 0 heterocycles. The Morgan fingerprint density at radius 2 is 1.95 bits per heavy atom. The molecule has 1 aromatic rings. The van der Waals surface area contributed by atoms with Crippen LogP contribution >= 0.6 is 15.9 Å². The van der Waals surface area contributed by atoms with Crippen molar-refractivity contribution in [3.8, 4) is 0 Å². The Labute approximate surface area is 118 Å². The van der Waals surface area contributed by atoms with Crippen molar-refractivity contribution in [3.63, 3.8) is 0 Å². The molecule has 1 aliphatic rings. The van der Waals surface area contributed by atoms with E-state index in [1.54, 1.807) is 0 Å². The highest BCUT2D eigenvalue weighted by Crippen LogP contribution is 2.30. The lowest BCUT2D eigenvalue weighted by Gasteiger charge is -2.25. The standard InChI is InChI=1S/C13H13BrFNO3/c14-9-5-3-4-8(10(9)15)11(17)16-13(12(18)19)6-1-2-7-13/h3-5H,1-2,6-7H2,(H,16,17)(H,18,19). The number of nitrogens with one attached hydrogen (secondary N) is 1. The molecule has 0 unspecified atom stereocenters. The molecule has 1 aliphatic carbocycles. The van der Waals surface area contributed by atoms with Crippen molar-refractivity contribution in [1.29, 1.82) is 0 Å². The first-order valence-electron chi connectivity index (χ1n) is 5.96. The van der Waals surface area contributed by atoms with Crippen LogP contribution < -0.4 is 5.32 Å². The van der Waals surface area contributed by atoms with E-state index >= 15 is 0 Å². The second-order valence-corrected chi connectivity index (χ2v) is 5.50. The van der Waals surface area contributed by atoms with Crippen molar-refractivity contribution >= 4 is 27.8 Å². The topological polar surface area (TPSA) is 66.4 Å². The van der Waals surface area contributed by atoms with E-state index in [4.69, 9.17) is 0 Å². The predicted octanol–water partition coefficient (Wildman–Crippen LogP) is 2.72. The summed E-state index contributed by atoms with van der Waals surface area (Å²) in [6.45, 7) is 0. The molecule has 1 saturated carbocycles. The van der Waals surface area contributed by atoms with E-state index in [1.807, 2.05) is 0 Å². The maximum atomic E-state index is 13.8. The molecular formula is C13H13BrFNO3. The number of carbonyl (C=O) groups is 2. The van der Waals surface area contributed by atoms with Gasteiger partial charge in [0.05, 0.1) is 10.0 Å². The maximum Gasteiger partial charge on any atom is 0.329 e. The number of hydrogen-bond acceptors (Lipinski definition) is 2. The molecule has 4 nitrogen and oxygen atoms in total. The third-order valence-electron chi connectivity index (χ3n) is 3.42. The molecule has 0 aromatic heterocycles. The summed E-state index contributed by atoms with van der Waals surface area (Å²) in [5.74, 6) is -2.43. The number of aliphatic carboxylic acids is 1. The average molecular weight is 330 g/mol. The van der Waals surface area contributed by atoms with Crippen molar-refractivity contribution in [2.24, 2.45) is 0 Å². The Morgan fingerprint density at radius 3 is 2.53 bits per heavy atom. The van der Waals surface area contributed by atoms with Gasteiger partial charge in [0.1, 0.15) is 11.4 Å². The largest absolute Gasteiger partial charge is 0.480 e. The highest BCUT2D eigenvalue weighted by atomic mass is 79.9. The van der Waals surface area contributed by atoms with E-state index in [0.717, 1.165) is 12.8 Å². The summed E-state index contributed by atoms with van der Waals surface area (Å²) in [7, 11) is 0. The molecule has 6 heteroatoms. The van der Waals surface area contributed by atoms with Crippen molar-refractivity contribution in [1.82, 2.24) is 5.32 Å². The van der Waals surface area contributed by atoms with Gasteiger partial charge in [-0.25, -0.2) is 9.18 Å². The van der Waals surface area contributed by atoms with E-state index in [2.05, 4.69) is 21.2 Å². The van der Waals surface area contributed by atoms with E-state index in [9.17, 15) is 19.1 Å². The third kappa shape index (κ3) is 2.63. The Balaban J connectivity index is 2.25. The number of carboxylic acid groups (broad SMARTS) is 1. The lowest BCUT2D eigenvalue weighted by molar-refractivity contribution is -0.144. The van der Waals surface area contributed by atoms with Gasteiger partial charge in [-0.3, -0.25) is 4.79 Å². The van der Waals surface area contributed by atoms with E-state index in [-0.39, 0.29) is 10.0 Å². The number of halogens is 2. The minimum atomic E-state index is -1.26. The average Bonchev–Trinajstić information content (AvgIpc) is 2.82. The fourth-order valence-electron chi connectivity index (χ4n) is 2.33. The zero-order valence-corrected chi connectivity index (χ0v) is 11.7. The first kappa shape index (κ1) is 14.0. The van der Waals surface area contributed by atoms with Crippen LogP contribution in [0.4, 0.5) is 4.39 Å². The van der Waals surface area contributed by atoms with Crippen LogP contribution in [0.25, 0.3) is 0 Å². The van der Waals surface area contributed by atoms with Crippen molar-refractivity contribution in [3.05, 3.63) is 34.1 Å². The van der Waals surface area contributed by atoms with Crippen LogP contribution in [0.1, 0.15) is 36.0 Å².